The first-order chi connectivity index (χ1) is 7.10. The molecule has 15 heavy (non-hydrogen) atoms. The number of carbonyl (C=O) groups excluding carboxylic acids is 1. The number of halogens is 1. The van der Waals surface area contributed by atoms with Crippen LogP contribution in [0.1, 0.15) is 22.8 Å². The van der Waals surface area contributed by atoms with Crippen LogP contribution >= 0.6 is 0 Å². The highest BCUT2D eigenvalue weighted by molar-refractivity contribution is 5.93. The first kappa shape index (κ1) is 11.7. The molecule has 0 fully saturated rings. The summed E-state index contributed by atoms with van der Waals surface area (Å²) < 4.78 is 13.4. The third-order valence-corrected chi connectivity index (χ3v) is 2.24. The maximum atomic E-state index is 13.4. The summed E-state index contributed by atoms with van der Waals surface area (Å²) in [6.45, 7) is 1.86. The van der Waals surface area contributed by atoms with Gasteiger partial charge in [0.25, 0.3) is 5.91 Å². The van der Waals surface area contributed by atoms with Crippen LogP contribution in [0.5, 0.6) is 0 Å². The van der Waals surface area contributed by atoms with Crippen LogP contribution in [0.2, 0.25) is 0 Å². The van der Waals surface area contributed by atoms with E-state index in [1.54, 1.807) is 12.1 Å². The highest BCUT2D eigenvalue weighted by Gasteiger charge is 2.12. The summed E-state index contributed by atoms with van der Waals surface area (Å²) in [6.07, 6.45) is 0.612. The zero-order valence-corrected chi connectivity index (χ0v) is 9.08. The Bertz CT molecular complexity index is 366. The van der Waals surface area contributed by atoms with E-state index in [4.69, 9.17) is 4.84 Å². The molecule has 1 amide bonds. The molecule has 0 unspecified atom stereocenters. The average molecular weight is 211 g/mol. The molecule has 1 rings (SSSR count). The number of carbonyl (C=O) groups is 1. The molecule has 0 saturated heterocycles. The topological polar surface area (TPSA) is 29.5 Å². The monoisotopic (exact) mass is 211 g/mol. The Hall–Kier alpha value is -1.42. The molecule has 0 aliphatic heterocycles. The van der Waals surface area contributed by atoms with Crippen molar-refractivity contribution in [2.45, 2.75) is 13.3 Å². The van der Waals surface area contributed by atoms with Gasteiger partial charge < -0.3 is 0 Å². The first-order valence-electron chi connectivity index (χ1n) is 4.70. The predicted octanol–water partition coefficient (Wildman–Crippen LogP) is 2.02. The Morgan fingerprint density at radius 1 is 1.53 bits per heavy atom. The van der Waals surface area contributed by atoms with E-state index in [2.05, 4.69) is 0 Å². The number of benzene rings is 1. The summed E-state index contributed by atoms with van der Waals surface area (Å²) in [5.74, 6) is -0.716. The summed E-state index contributed by atoms with van der Waals surface area (Å²) in [5.41, 5.74) is 0.890. The summed E-state index contributed by atoms with van der Waals surface area (Å²) in [6, 6.07) is 4.45. The zero-order valence-electron chi connectivity index (χ0n) is 9.08. The van der Waals surface area contributed by atoms with Gasteiger partial charge in [-0.05, 0) is 24.1 Å². The van der Waals surface area contributed by atoms with E-state index < -0.39 is 0 Å². The van der Waals surface area contributed by atoms with Gasteiger partial charge in [-0.25, -0.2) is 9.45 Å². The zero-order chi connectivity index (χ0) is 11.4. The van der Waals surface area contributed by atoms with Gasteiger partial charge in [0.05, 0.1) is 7.11 Å². The molecule has 0 N–H and O–H groups in total. The summed E-state index contributed by atoms with van der Waals surface area (Å²) >= 11 is 0. The highest BCUT2D eigenvalue weighted by atomic mass is 19.1. The minimum Gasteiger partial charge on any atom is -0.274 e. The van der Waals surface area contributed by atoms with Gasteiger partial charge in [-0.3, -0.25) is 9.63 Å². The van der Waals surface area contributed by atoms with Gasteiger partial charge in [-0.15, -0.1) is 0 Å². The van der Waals surface area contributed by atoms with Gasteiger partial charge >= 0.3 is 0 Å². The van der Waals surface area contributed by atoms with Crippen molar-refractivity contribution in [3.8, 4) is 0 Å². The van der Waals surface area contributed by atoms with Crippen molar-refractivity contribution < 1.29 is 14.0 Å². The van der Waals surface area contributed by atoms with Gasteiger partial charge in [0.2, 0.25) is 0 Å². The fourth-order valence-electron chi connectivity index (χ4n) is 1.23. The Balaban J connectivity index is 2.97. The lowest BCUT2D eigenvalue weighted by atomic mass is 10.1. The number of rotatable bonds is 3. The minimum absolute atomic E-state index is 0.286. The third-order valence-electron chi connectivity index (χ3n) is 2.24. The number of aryl methyl sites for hydroxylation is 1. The van der Waals surface area contributed by atoms with Crippen molar-refractivity contribution in [3.63, 3.8) is 0 Å². The molecule has 82 valence electrons. The van der Waals surface area contributed by atoms with Gasteiger partial charge in [0.15, 0.2) is 0 Å². The smallest absolute Gasteiger partial charge is 0.274 e. The molecule has 1 aromatic carbocycles. The van der Waals surface area contributed by atoms with E-state index in [0.717, 1.165) is 5.06 Å². The Morgan fingerprint density at radius 3 is 2.67 bits per heavy atom. The van der Waals surface area contributed by atoms with Crippen LogP contribution in [0.4, 0.5) is 4.39 Å². The average Bonchev–Trinajstić information content (AvgIpc) is 2.26. The van der Waals surface area contributed by atoms with Crippen molar-refractivity contribution in [2.24, 2.45) is 0 Å². The van der Waals surface area contributed by atoms with Crippen molar-refractivity contribution in [1.29, 1.82) is 0 Å². The van der Waals surface area contributed by atoms with E-state index in [-0.39, 0.29) is 17.3 Å². The Kier molecular flexibility index (Phi) is 3.80. The van der Waals surface area contributed by atoms with Crippen LogP contribution in [-0.4, -0.2) is 25.1 Å². The van der Waals surface area contributed by atoms with Crippen molar-refractivity contribution in [1.82, 2.24) is 5.06 Å². The van der Waals surface area contributed by atoms with Crippen LogP contribution in [0, 0.1) is 5.82 Å². The molecule has 0 aliphatic rings. The molecule has 0 bridgehead atoms. The molecule has 0 aliphatic carbocycles. The van der Waals surface area contributed by atoms with E-state index in [1.807, 2.05) is 6.92 Å². The van der Waals surface area contributed by atoms with E-state index >= 15 is 0 Å². The normalized spacial score (nSPS) is 10.1. The van der Waals surface area contributed by atoms with E-state index in [9.17, 15) is 9.18 Å². The molecule has 0 spiro atoms. The number of amides is 1. The van der Waals surface area contributed by atoms with Crippen LogP contribution in [-0.2, 0) is 11.3 Å². The van der Waals surface area contributed by atoms with Gasteiger partial charge in [-0.2, -0.15) is 0 Å². The van der Waals surface area contributed by atoms with Crippen LogP contribution in [0.15, 0.2) is 18.2 Å². The molecule has 0 aromatic heterocycles. The lowest BCUT2D eigenvalue weighted by molar-refractivity contribution is -0.0757. The van der Waals surface area contributed by atoms with Crippen molar-refractivity contribution in [2.75, 3.05) is 14.2 Å². The van der Waals surface area contributed by atoms with Crippen LogP contribution in [0.25, 0.3) is 0 Å². The molecule has 0 atom stereocenters. The van der Waals surface area contributed by atoms with Crippen LogP contribution < -0.4 is 0 Å². The number of hydrogen-bond acceptors (Lipinski definition) is 2. The molecular weight excluding hydrogens is 197 g/mol. The summed E-state index contributed by atoms with van der Waals surface area (Å²) in [4.78, 5) is 16.3. The molecule has 0 radical (unpaired) electrons. The fourth-order valence-corrected chi connectivity index (χ4v) is 1.23. The number of hydroxylamine groups is 2. The number of nitrogens with zero attached hydrogens (tertiary/aromatic N) is 1. The Morgan fingerprint density at radius 2 is 2.20 bits per heavy atom. The second-order valence-electron chi connectivity index (χ2n) is 3.14. The van der Waals surface area contributed by atoms with Gasteiger partial charge in [0.1, 0.15) is 5.82 Å². The molecule has 4 heteroatoms. The minimum atomic E-state index is -0.362. The van der Waals surface area contributed by atoms with Crippen LogP contribution in [0.3, 0.4) is 0 Å². The number of hydrogen-bond donors (Lipinski definition) is 0. The van der Waals surface area contributed by atoms with Gasteiger partial charge in [0, 0.05) is 12.6 Å². The summed E-state index contributed by atoms with van der Waals surface area (Å²) in [7, 11) is 2.86. The quantitative estimate of drug-likeness (QED) is 0.716. The first-order valence-corrected chi connectivity index (χ1v) is 4.70. The predicted molar refractivity (Wildman–Crippen MR) is 54.9 cm³/mol. The largest absolute Gasteiger partial charge is 0.277 e. The Labute approximate surface area is 88.4 Å². The standard InChI is InChI=1S/C11H14FNO2/c1-4-8-5-6-9(7-10(8)12)11(14)13(2)15-3/h5-7H,4H2,1-3H3. The third kappa shape index (κ3) is 2.53. The van der Waals surface area contributed by atoms with Gasteiger partial charge in [-0.1, -0.05) is 13.0 Å². The summed E-state index contributed by atoms with van der Waals surface area (Å²) in [5, 5.41) is 1.06. The van der Waals surface area contributed by atoms with E-state index in [0.29, 0.717) is 12.0 Å². The molecular formula is C11H14FNO2. The van der Waals surface area contributed by atoms with Crippen molar-refractivity contribution >= 4 is 5.91 Å². The molecule has 1 aromatic rings. The second-order valence-corrected chi connectivity index (χ2v) is 3.14. The molecule has 0 saturated carbocycles. The lowest BCUT2D eigenvalue weighted by Crippen LogP contribution is -2.25. The maximum Gasteiger partial charge on any atom is 0.277 e. The lowest BCUT2D eigenvalue weighted by Gasteiger charge is -2.13. The van der Waals surface area contributed by atoms with Crippen molar-refractivity contribution in [3.05, 3.63) is 35.1 Å². The molecule has 3 nitrogen and oxygen atoms in total. The second kappa shape index (κ2) is 4.89. The molecule has 0 heterocycles. The van der Waals surface area contributed by atoms with E-state index in [1.165, 1.54) is 20.2 Å². The SMILES string of the molecule is CCc1ccc(C(=O)N(C)OC)cc1F. The maximum absolute atomic E-state index is 13.4. The highest BCUT2D eigenvalue weighted by Crippen LogP contribution is 2.12. The fraction of sp³-hybridized carbons (Fsp3) is 0.364.